The number of rotatable bonds is 9. The Bertz CT molecular complexity index is 6810. The van der Waals surface area contributed by atoms with Crippen LogP contribution in [0.15, 0.2) is 352 Å². The van der Waals surface area contributed by atoms with Gasteiger partial charge in [0, 0.05) is 45.5 Å². The zero-order valence-corrected chi connectivity index (χ0v) is 70.6. The molecule has 5 aliphatic rings. The Kier molecular flexibility index (Phi) is 16.6. The van der Waals surface area contributed by atoms with Gasteiger partial charge in [-0.05, 0) is 204 Å². The van der Waals surface area contributed by atoms with Gasteiger partial charge >= 0.3 is 0 Å². The summed E-state index contributed by atoms with van der Waals surface area (Å²) < 4.78 is 0. The Morgan fingerprint density at radius 3 is 0.856 bits per heavy atom. The quantitative estimate of drug-likeness (QED) is 0.105. The summed E-state index contributed by atoms with van der Waals surface area (Å²) in [4.78, 5) is 10.0. The summed E-state index contributed by atoms with van der Waals surface area (Å²) in [6, 6.07) is 135. The molecule has 4 nitrogen and oxygen atoms in total. The van der Waals surface area contributed by atoms with E-state index >= 15 is 0 Å². The van der Waals surface area contributed by atoms with Crippen molar-refractivity contribution < 1.29 is 0 Å². The van der Waals surface area contributed by atoms with Crippen LogP contribution in [0.5, 0.6) is 0 Å². The van der Waals surface area contributed by atoms with Gasteiger partial charge in [0.05, 0.1) is 22.7 Å². The fourth-order valence-corrected chi connectivity index (χ4v) is 28.4. The van der Waals surface area contributed by atoms with Gasteiger partial charge in [0.25, 0.3) is 0 Å². The van der Waals surface area contributed by atoms with Crippen molar-refractivity contribution in [2.24, 2.45) is 0 Å². The van der Waals surface area contributed by atoms with Crippen LogP contribution in [0.3, 0.4) is 0 Å². The zero-order valence-electron chi connectivity index (χ0n) is 68.6. The SMILES string of the molecule is Cc1cc(N2c3ccccc3[Si](C)(C)c3ccccc32)cc(C)c1B1c2ccccc2B(c2c(C)cc(N3c4ccccc4[Si](C)(C)c4cc(-c5ccc6cc7ccccc7c(B7c8ccccc8B(c8c(C)cc(N9c%10ccccc%10N(c%10ccccc%10)c%10ccccc%109)cc8C)c8ccccc87)c6c5)ccc43)cc2C)c2ccccc21. The number of hydrogen-bond acceptors (Lipinski definition) is 4. The van der Waals surface area contributed by atoms with Gasteiger partial charge in [-0.2, -0.15) is 0 Å². The predicted molar refractivity (Wildman–Crippen MR) is 518 cm³/mol. The highest BCUT2D eigenvalue weighted by Crippen LogP contribution is 2.54. The van der Waals surface area contributed by atoms with Gasteiger partial charge in [-0.3, -0.25) is 0 Å². The standard InChI is InChI=1S/C108H88B4N4Si2/c1-69-60-80(114-95-48-26-24-46-93(95)113(79-35-12-11-13-36-79)94-47-25-27-49-96(94)114)61-70(2)105(69)111-89-42-20-22-44-91(89)112(92-45-23-21-43-90(92)111)108-83-37-15-14-34-77(83)66-78-57-56-75(67-84(78)108)76-58-59-100-104(68-76)118(9,10)103-55-33-30-52-99(103)116(100)82-64-73(5)107(74(6)65-82)110-87-40-18-16-38-85(87)109(86-39-17-19-41-88(86)110)106-71(3)62-81(63-72(106)4)115-97-50-28-31-53-101(97)117(7,8)102-54-32-29-51-98(102)115/h11-68H,1-10H3. The molecule has 5 aliphatic heterocycles. The molecule has 22 rings (SSSR count). The summed E-state index contributed by atoms with van der Waals surface area (Å²) in [5.74, 6) is 0. The number of para-hydroxylation sites is 8. The Balaban J connectivity index is 0.625. The number of nitrogens with zero attached hydrogens (tertiary/aromatic N) is 4. The second-order valence-electron chi connectivity index (χ2n) is 34.9. The van der Waals surface area contributed by atoms with Crippen molar-refractivity contribution in [1.82, 2.24) is 0 Å². The molecule has 17 aromatic rings. The Hall–Kier alpha value is -12.8. The van der Waals surface area contributed by atoms with E-state index in [4.69, 9.17) is 0 Å². The third-order valence-electron chi connectivity index (χ3n) is 27.5. The summed E-state index contributed by atoms with van der Waals surface area (Å²) >= 11 is 0. The summed E-state index contributed by atoms with van der Waals surface area (Å²) in [5.41, 5.74) is 41.2. The van der Waals surface area contributed by atoms with Gasteiger partial charge in [-0.25, -0.2) is 0 Å². The highest BCUT2D eigenvalue weighted by Gasteiger charge is 2.46. The molecule has 0 saturated carbocycles. The van der Waals surface area contributed by atoms with E-state index in [0.29, 0.717) is 0 Å². The van der Waals surface area contributed by atoms with Crippen molar-refractivity contribution in [2.75, 3.05) is 19.6 Å². The Labute approximate surface area is 697 Å². The van der Waals surface area contributed by atoms with E-state index in [1.54, 1.807) is 0 Å². The van der Waals surface area contributed by atoms with Crippen molar-refractivity contribution in [1.29, 1.82) is 0 Å². The maximum absolute atomic E-state index is 2.61. The average Bonchev–Trinajstić information content (AvgIpc) is 0.715. The molecule has 10 heteroatoms. The molecule has 118 heavy (non-hydrogen) atoms. The van der Waals surface area contributed by atoms with Crippen LogP contribution in [0, 0.1) is 41.5 Å². The van der Waals surface area contributed by atoms with Crippen molar-refractivity contribution in [3.63, 3.8) is 0 Å². The molecule has 0 unspecified atom stereocenters. The number of anilines is 12. The molecule has 0 aromatic heterocycles. The minimum Gasteiger partial charge on any atom is -0.311 e. The molecular weight excluding hydrogens is 1450 g/mol. The normalized spacial score (nSPS) is 14.4. The molecule has 0 aliphatic carbocycles. The molecule has 0 atom stereocenters. The minimum absolute atomic E-state index is 0.00600. The van der Waals surface area contributed by atoms with E-state index in [1.807, 2.05) is 0 Å². The van der Waals surface area contributed by atoms with E-state index in [0.717, 1.165) is 34.1 Å². The molecule has 0 bridgehead atoms. The van der Waals surface area contributed by atoms with Crippen LogP contribution in [0.4, 0.5) is 68.2 Å². The molecule has 0 amide bonds. The minimum atomic E-state index is -2.35. The van der Waals surface area contributed by atoms with E-state index < -0.39 is 16.1 Å². The first-order valence-electron chi connectivity index (χ1n) is 42.1. The summed E-state index contributed by atoms with van der Waals surface area (Å²) in [6.45, 7) is 24.4. The largest absolute Gasteiger partial charge is 0.311 e. The highest BCUT2D eigenvalue weighted by atomic mass is 28.3. The lowest BCUT2D eigenvalue weighted by Gasteiger charge is -2.42. The third kappa shape index (κ3) is 10.8. The van der Waals surface area contributed by atoms with Crippen LogP contribution >= 0.6 is 0 Å². The van der Waals surface area contributed by atoms with Crippen LogP contribution in [0.1, 0.15) is 33.4 Å². The zero-order chi connectivity index (χ0) is 79.7. The highest BCUT2D eigenvalue weighted by molar-refractivity contribution is 7.13. The second kappa shape index (κ2) is 27.4. The van der Waals surface area contributed by atoms with Crippen LogP contribution in [-0.4, -0.2) is 43.0 Å². The first kappa shape index (κ1) is 71.7. The molecular formula is C108H88B4N4Si2. The monoisotopic (exact) mass is 1540 g/mol. The van der Waals surface area contributed by atoms with Crippen LogP contribution in [-0.2, 0) is 0 Å². The molecule has 5 heterocycles. The van der Waals surface area contributed by atoms with Crippen molar-refractivity contribution in [3.8, 4) is 11.1 Å². The fourth-order valence-electron chi connectivity index (χ4n) is 22.4. The lowest BCUT2D eigenvalue weighted by atomic mass is 9.20. The van der Waals surface area contributed by atoms with E-state index in [1.165, 1.54) is 186 Å². The van der Waals surface area contributed by atoms with Gasteiger partial charge in [0.2, 0.25) is 26.9 Å². The van der Waals surface area contributed by atoms with E-state index in [-0.39, 0.29) is 26.9 Å². The molecule has 0 spiro atoms. The second-order valence-corrected chi connectivity index (χ2v) is 43.5. The summed E-state index contributed by atoms with van der Waals surface area (Å²) in [6.07, 6.45) is 0. The average molecular weight is 1540 g/mol. The van der Waals surface area contributed by atoms with Crippen molar-refractivity contribution in [2.45, 2.75) is 67.7 Å². The Morgan fingerprint density at radius 2 is 0.466 bits per heavy atom. The number of fused-ring (bicyclic) bond motifs is 12. The number of hydrogen-bond donors (Lipinski definition) is 0. The number of benzene rings is 17. The van der Waals surface area contributed by atoms with Gasteiger partial charge in [-0.1, -0.05) is 368 Å². The fraction of sp³-hybridized carbons (Fsp3) is 0.0926. The van der Waals surface area contributed by atoms with E-state index in [2.05, 4.69) is 439 Å². The molecule has 0 N–H and O–H groups in total. The maximum atomic E-state index is 2.61. The lowest BCUT2D eigenvalue weighted by molar-refractivity contribution is 1.16. The van der Waals surface area contributed by atoms with Gasteiger partial charge in [0.1, 0.15) is 16.1 Å². The molecule has 560 valence electrons. The molecule has 17 aromatic carbocycles. The topological polar surface area (TPSA) is 13.0 Å². The molecule has 0 fully saturated rings. The van der Waals surface area contributed by atoms with Gasteiger partial charge < -0.3 is 19.6 Å². The van der Waals surface area contributed by atoms with Crippen LogP contribution < -0.4 is 106 Å². The van der Waals surface area contributed by atoms with Gasteiger partial charge in [-0.15, -0.1) is 0 Å². The molecule has 0 radical (unpaired) electrons. The smallest absolute Gasteiger partial charge is 0.241 e. The lowest BCUT2D eigenvalue weighted by Crippen LogP contribution is -2.75. The summed E-state index contributed by atoms with van der Waals surface area (Å²) in [7, 11) is -4.31. The van der Waals surface area contributed by atoms with E-state index in [9.17, 15) is 0 Å². The van der Waals surface area contributed by atoms with Gasteiger partial charge in [0.15, 0.2) is 0 Å². The predicted octanol–water partition coefficient (Wildman–Crippen LogP) is 16.7. The maximum Gasteiger partial charge on any atom is 0.241 e. The number of aryl methyl sites for hydroxylation is 6. The van der Waals surface area contributed by atoms with Crippen LogP contribution in [0.2, 0.25) is 26.2 Å². The van der Waals surface area contributed by atoms with Crippen molar-refractivity contribution >= 4 is 219 Å². The van der Waals surface area contributed by atoms with Crippen LogP contribution in [0.25, 0.3) is 32.7 Å². The third-order valence-corrected chi connectivity index (χ3v) is 34.5. The molecule has 0 saturated heterocycles. The summed E-state index contributed by atoms with van der Waals surface area (Å²) in [5, 5.41) is 10.9. The first-order valence-corrected chi connectivity index (χ1v) is 48.1. The first-order chi connectivity index (χ1) is 57.6. The van der Waals surface area contributed by atoms with Crippen molar-refractivity contribution in [3.05, 3.63) is 385 Å². The Morgan fingerprint density at radius 1 is 0.195 bits per heavy atom.